The summed E-state index contributed by atoms with van der Waals surface area (Å²) in [6.45, 7) is 0.753. The molecule has 1 N–H and O–H groups in total. The molecular weight excluding hydrogens is 282 g/mol. The van der Waals surface area contributed by atoms with Crippen LogP contribution in [-0.4, -0.2) is 14.7 Å². The fourth-order valence-corrected chi connectivity index (χ4v) is 3.50. The molecule has 1 aliphatic rings. The largest absolute Gasteiger partial charge is 0.306 e. The van der Waals surface area contributed by atoms with E-state index in [0.717, 1.165) is 24.9 Å². The van der Waals surface area contributed by atoms with E-state index in [4.69, 9.17) is 0 Å². The first-order valence-corrected chi connectivity index (χ1v) is 9.03. The molecule has 1 unspecified atom stereocenters. The molecule has 0 radical (unpaired) electrons. The van der Waals surface area contributed by atoms with E-state index in [-0.39, 0.29) is 0 Å². The monoisotopic (exact) mass is 301 g/mol. The van der Waals surface area contributed by atoms with Crippen LogP contribution in [0.15, 0.2) is 53.4 Å². The van der Waals surface area contributed by atoms with E-state index in [1.165, 1.54) is 17.4 Å². The summed E-state index contributed by atoms with van der Waals surface area (Å²) in [7, 11) is -3.11. The molecule has 3 rings (SSSR count). The lowest BCUT2D eigenvalue weighted by Crippen LogP contribution is -2.18. The van der Waals surface area contributed by atoms with Gasteiger partial charge in [-0.05, 0) is 41.7 Å². The van der Waals surface area contributed by atoms with Crippen LogP contribution in [-0.2, 0) is 22.8 Å². The Kier molecular flexibility index (Phi) is 3.83. The average molecular weight is 301 g/mol. The van der Waals surface area contributed by atoms with E-state index >= 15 is 0 Å². The van der Waals surface area contributed by atoms with Crippen LogP contribution >= 0.6 is 0 Å². The summed E-state index contributed by atoms with van der Waals surface area (Å²) in [4.78, 5) is 0.373. The Morgan fingerprint density at radius 2 is 1.81 bits per heavy atom. The van der Waals surface area contributed by atoms with E-state index in [1.54, 1.807) is 12.1 Å². The van der Waals surface area contributed by atoms with Gasteiger partial charge >= 0.3 is 0 Å². The summed E-state index contributed by atoms with van der Waals surface area (Å²) in [6, 6.07) is 16.1. The van der Waals surface area contributed by atoms with Gasteiger partial charge in [-0.25, -0.2) is 8.42 Å². The van der Waals surface area contributed by atoms with Crippen molar-refractivity contribution in [2.24, 2.45) is 0 Å². The van der Waals surface area contributed by atoms with Gasteiger partial charge in [0.1, 0.15) is 0 Å². The fourth-order valence-electron chi connectivity index (χ4n) is 2.86. The molecule has 4 heteroatoms. The van der Waals surface area contributed by atoms with Gasteiger partial charge in [0.15, 0.2) is 9.84 Å². The lowest BCUT2D eigenvalue weighted by atomic mass is 10.1. The molecule has 2 aromatic rings. The third-order valence-electron chi connectivity index (χ3n) is 4.04. The number of hydrogen-bond donors (Lipinski definition) is 1. The minimum atomic E-state index is -3.11. The maximum absolute atomic E-state index is 11.4. The third-order valence-corrected chi connectivity index (χ3v) is 5.17. The minimum absolute atomic E-state index is 0.373. The number of benzene rings is 2. The standard InChI is InChI=1S/C17H19NO2S/c1-21(19,20)15-9-6-13(7-10-15)12-18-17-11-8-14-4-2-3-5-16(14)17/h2-7,9-10,17-18H,8,11-12H2,1H3. The molecule has 0 saturated carbocycles. The second kappa shape index (κ2) is 5.62. The SMILES string of the molecule is CS(=O)(=O)c1ccc(CNC2CCc3ccccc32)cc1. The second-order valence-corrected chi connectivity index (χ2v) is 7.60. The lowest BCUT2D eigenvalue weighted by Gasteiger charge is -2.14. The normalized spacial score (nSPS) is 17.7. The number of fused-ring (bicyclic) bond motifs is 1. The quantitative estimate of drug-likeness (QED) is 0.944. The van der Waals surface area contributed by atoms with E-state index in [2.05, 4.69) is 29.6 Å². The van der Waals surface area contributed by atoms with Crippen LogP contribution in [0.5, 0.6) is 0 Å². The Balaban J connectivity index is 1.67. The van der Waals surface area contributed by atoms with E-state index in [0.29, 0.717) is 10.9 Å². The molecule has 3 nitrogen and oxygen atoms in total. The summed E-state index contributed by atoms with van der Waals surface area (Å²) in [5, 5.41) is 3.56. The highest BCUT2D eigenvalue weighted by Crippen LogP contribution is 2.30. The molecule has 21 heavy (non-hydrogen) atoms. The van der Waals surface area contributed by atoms with Crippen molar-refractivity contribution in [1.29, 1.82) is 0 Å². The number of aryl methyl sites for hydroxylation is 1. The molecule has 0 spiro atoms. The smallest absolute Gasteiger partial charge is 0.175 e. The van der Waals surface area contributed by atoms with Gasteiger partial charge in [-0.2, -0.15) is 0 Å². The Bertz CT molecular complexity index is 736. The zero-order chi connectivity index (χ0) is 14.9. The van der Waals surface area contributed by atoms with Crippen molar-refractivity contribution in [1.82, 2.24) is 5.32 Å². The average Bonchev–Trinajstić information content (AvgIpc) is 2.88. The molecule has 2 aromatic carbocycles. The Morgan fingerprint density at radius 3 is 2.52 bits per heavy atom. The van der Waals surface area contributed by atoms with Gasteiger partial charge in [0.2, 0.25) is 0 Å². The van der Waals surface area contributed by atoms with Crippen molar-refractivity contribution in [3.05, 3.63) is 65.2 Å². The van der Waals surface area contributed by atoms with E-state index in [9.17, 15) is 8.42 Å². The third kappa shape index (κ3) is 3.17. The zero-order valence-electron chi connectivity index (χ0n) is 12.0. The summed E-state index contributed by atoms with van der Waals surface area (Å²) in [5.74, 6) is 0. The van der Waals surface area contributed by atoms with Gasteiger partial charge < -0.3 is 5.32 Å². The van der Waals surface area contributed by atoms with Gasteiger partial charge in [0, 0.05) is 18.8 Å². The number of hydrogen-bond acceptors (Lipinski definition) is 3. The molecule has 0 aromatic heterocycles. The first-order valence-electron chi connectivity index (χ1n) is 7.14. The molecule has 0 bridgehead atoms. The minimum Gasteiger partial charge on any atom is -0.306 e. The highest BCUT2D eigenvalue weighted by molar-refractivity contribution is 7.90. The topological polar surface area (TPSA) is 46.2 Å². The van der Waals surface area contributed by atoms with Gasteiger partial charge in [-0.15, -0.1) is 0 Å². The molecule has 0 saturated heterocycles. The molecule has 1 atom stereocenters. The molecule has 1 aliphatic carbocycles. The van der Waals surface area contributed by atoms with Gasteiger partial charge in [-0.1, -0.05) is 36.4 Å². The van der Waals surface area contributed by atoms with Crippen molar-refractivity contribution < 1.29 is 8.42 Å². The van der Waals surface area contributed by atoms with Crippen LogP contribution in [0.3, 0.4) is 0 Å². The molecule has 0 aliphatic heterocycles. The summed E-state index contributed by atoms with van der Waals surface area (Å²) < 4.78 is 22.9. The predicted molar refractivity (Wildman–Crippen MR) is 83.9 cm³/mol. The van der Waals surface area contributed by atoms with Crippen molar-refractivity contribution in [2.75, 3.05) is 6.26 Å². The van der Waals surface area contributed by atoms with Crippen LogP contribution in [0.25, 0.3) is 0 Å². The van der Waals surface area contributed by atoms with Crippen LogP contribution < -0.4 is 5.32 Å². The Hall–Kier alpha value is -1.65. The van der Waals surface area contributed by atoms with E-state index in [1.807, 2.05) is 12.1 Å². The Labute approximate surface area is 125 Å². The maximum Gasteiger partial charge on any atom is 0.175 e. The van der Waals surface area contributed by atoms with Crippen molar-refractivity contribution in [3.63, 3.8) is 0 Å². The summed E-state index contributed by atoms with van der Waals surface area (Å²) >= 11 is 0. The maximum atomic E-state index is 11.4. The second-order valence-electron chi connectivity index (χ2n) is 5.59. The van der Waals surface area contributed by atoms with Crippen molar-refractivity contribution in [3.8, 4) is 0 Å². The molecule has 110 valence electrons. The summed E-state index contributed by atoms with van der Waals surface area (Å²) in [5.41, 5.74) is 3.93. The molecular formula is C17H19NO2S. The first kappa shape index (κ1) is 14.3. The number of nitrogens with one attached hydrogen (secondary N) is 1. The lowest BCUT2D eigenvalue weighted by molar-refractivity contribution is 0.530. The van der Waals surface area contributed by atoms with Crippen molar-refractivity contribution >= 4 is 9.84 Å². The van der Waals surface area contributed by atoms with Gasteiger partial charge in [-0.3, -0.25) is 0 Å². The van der Waals surface area contributed by atoms with Crippen LogP contribution in [0, 0.1) is 0 Å². The van der Waals surface area contributed by atoms with Gasteiger partial charge in [0.05, 0.1) is 4.90 Å². The fraction of sp³-hybridized carbons (Fsp3) is 0.294. The highest BCUT2D eigenvalue weighted by atomic mass is 32.2. The predicted octanol–water partition coefficient (Wildman–Crippen LogP) is 2.87. The van der Waals surface area contributed by atoms with Crippen LogP contribution in [0.2, 0.25) is 0 Å². The number of sulfone groups is 1. The highest BCUT2D eigenvalue weighted by Gasteiger charge is 2.20. The van der Waals surface area contributed by atoms with Crippen LogP contribution in [0.4, 0.5) is 0 Å². The van der Waals surface area contributed by atoms with Crippen molar-refractivity contribution in [2.45, 2.75) is 30.3 Å². The summed E-state index contributed by atoms with van der Waals surface area (Å²) in [6.07, 6.45) is 3.48. The zero-order valence-corrected chi connectivity index (χ0v) is 12.9. The van der Waals surface area contributed by atoms with Crippen LogP contribution in [0.1, 0.15) is 29.2 Å². The van der Waals surface area contributed by atoms with Gasteiger partial charge in [0.25, 0.3) is 0 Å². The molecule has 0 amide bonds. The van der Waals surface area contributed by atoms with E-state index < -0.39 is 9.84 Å². The Morgan fingerprint density at radius 1 is 1.10 bits per heavy atom. The number of rotatable bonds is 4. The first-order chi connectivity index (χ1) is 10.0. The molecule has 0 fully saturated rings. The molecule has 0 heterocycles.